The molecule has 5 rings (SSSR count). The van der Waals surface area contributed by atoms with Gasteiger partial charge in [-0.3, -0.25) is 0 Å². The van der Waals surface area contributed by atoms with Crippen molar-refractivity contribution in [3.63, 3.8) is 0 Å². The molecule has 0 amide bonds. The Balaban J connectivity index is 1.58. The molecule has 0 radical (unpaired) electrons. The number of aromatic nitrogens is 2. The van der Waals surface area contributed by atoms with Crippen molar-refractivity contribution < 1.29 is 27.0 Å². The van der Waals surface area contributed by atoms with E-state index in [1.54, 1.807) is 41.3 Å². The van der Waals surface area contributed by atoms with Gasteiger partial charge >= 0.3 is 6.11 Å². The Morgan fingerprint density at radius 1 is 1.21 bits per heavy atom. The van der Waals surface area contributed by atoms with Gasteiger partial charge in [-0.15, -0.1) is 0 Å². The van der Waals surface area contributed by atoms with E-state index >= 15 is 0 Å². The van der Waals surface area contributed by atoms with Crippen LogP contribution in [0.15, 0.2) is 53.6 Å². The van der Waals surface area contributed by atoms with Gasteiger partial charge in [0, 0.05) is 30.1 Å². The predicted octanol–water partition coefficient (Wildman–Crippen LogP) is 5.65. The summed E-state index contributed by atoms with van der Waals surface area (Å²) in [6.45, 7) is 2.60. The van der Waals surface area contributed by atoms with Crippen LogP contribution in [0.1, 0.15) is 26.2 Å². The summed E-state index contributed by atoms with van der Waals surface area (Å²) in [5.41, 5.74) is 2.01. The number of nitrogens with one attached hydrogen (secondary N) is 1. The Morgan fingerprint density at radius 3 is 2.71 bits per heavy atom. The molecule has 0 saturated heterocycles. The fourth-order valence-electron chi connectivity index (χ4n) is 4.64. The molecule has 1 saturated carbocycles. The zero-order chi connectivity index (χ0) is 27.1. The number of benzene rings is 2. The van der Waals surface area contributed by atoms with E-state index in [0.29, 0.717) is 64.0 Å². The number of nitrogens with zero attached hydrogens (tertiary/aromatic N) is 2. The molecule has 0 aliphatic heterocycles. The number of ether oxygens (including phenoxy) is 1. The fraction of sp³-hybridized carbons (Fsp3) is 0.370. The minimum Gasteiger partial charge on any atom is -0.430 e. The lowest BCUT2D eigenvalue weighted by Crippen LogP contribution is -2.34. The zero-order valence-corrected chi connectivity index (χ0v) is 22.3. The quantitative estimate of drug-likeness (QED) is 0.245. The minimum absolute atomic E-state index is 0.0530. The van der Waals surface area contributed by atoms with Crippen LogP contribution in [0.5, 0.6) is 5.75 Å². The fourth-order valence-corrected chi connectivity index (χ4v) is 6.50. The van der Waals surface area contributed by atoms with Crippen molar-refractivity contribution in [2.24, 2.45) is 0 Å². The first-order valence-corrected chi connectivity index (χ1v) is 14.4. The standard InChI is InChI=1S/C27H28ClF2N3O4S/c1-2-33(12-13-34)11-10-27(29,30)37-23-9-8-21(24-22-15-18(28)16-31-26(22)32-25(23)24)17-4-3-5-20(14-17)38(35,36)19-6-7-19/h3-5,8-9,14-16,19,34H,2,6-7,10-13H2,1H3,(H,31,32). The van der Waals surface area contributed by atoms with Gasteiger partial charge < -0.3 is 19.7 Å². The van der Waals surface area contributed by atoms with Gasteiger partial charge in [-0.1, -0.05) is 30.7 Å². The van der Waals surface area contributed by atoms with Gasteiger partial charge in [-0.2, -0.15) is 8.78 Å². The van der Waals surface area contributed by atoms with Crippen molar-refractivity contribution in [1.29, 1.82) is 0 Å². The van der Waals surface area contributed by atoms with E-state index in [1.807, 2.05) is 6.92 Å². The third kappa shape index (κ3) is 5.36. The summed E-state index contributed by atoms with van der Waals surface area (Å²) in [5.74, 6) is -0.0603. The van der Waals surface area contributed by atoms with Crippen molar-refractivity contribution in [3.05, 3.63) is 53.7 Å². The first-order chi connectivity index (χ1) is 18.1. The van der Waals surface area contributed by atoms with Crippen LogP contribution in [0, 0.1) is 0 Å². The molecule has 2 N–H and O–H groups in total. The molecule has 2 aromatic carbocycles. The zero-order valence-electron chi connectivity index (χ0n) is 20.8. The van der Waals surface area contributed by atoms with Crippen LogP contribution in [0.4, 0.5) is 8.78 Å². The van der Waals surface area contributed by atoms with Crippen LogP contribution in [0.3, 0.4) is 0 Å². The molecule has 2 aromatic heterocycles. The summed E-state index contributed by atoms with van der Waals surface area (Å²) in [6, 6.07) is 11.5. The summed E-state index contributed by atoms with van der Waals surface area (Å²) in [6.07, 6.45) is -1.27. The molecule has 0 spiro atoms. The number of aromatic amines is 1. The highest BCUT2D eigenvalue weighted by Gasteiger charge is 2.37. The van der Waals surface area contributed by atoms with E-state index in [0.717, 1.165) is 0 Å². The molecule has 202 valence electrons. The maximum atomic E-state index is 15.0. The van der Waals surface area contributed by atoms with Crippen LogP contribution in [-0.2, 0) is 9.84 Å². The van der Waals surface area contributed by atoms with Crippen molar-refractivity contribution in [1.82, 2.24) is 14.9 Å². The highest BCUT2D eigenvalue weighted by Crippen LogP contribution is 2.42. The number of halogens is 3. The second-order valence-electron chi connectivity index (χ2n) is 9.46. The molecule has 7 nitrogen and oxygen atoms in total. The van der Waals surface area contributed by atoms with Crippen molar-refractivity contribution >= 4 is 43.4 Å². The van der Waals surface area contributed by atoms with E-state index in [4.69, 9.17) is 21.4 Å². The first-order valence-electron chi connectivity index (χ1n) is 12.5. The molecule has 11 heteroatoms. The smallest absolute Gasteiger partial charge is 0.399 e. The van der Waals surface area contributed by atoms with Crippen LogP contribution in [-0.4, -0.2) is 66.0 Å². The first kappa shape index (κ1) is 26.8. The summed E-state index contributed by atoms with van der Waals surface area (Å²) < 4.78 is 60.9. The van der Waals surface area contributed by atoms with E-state index in [1.165, 1.54) is 12.3 Å². The second-order valence-corrected chi connectivity index (χ2v) is 12.1. The molecular formula is C27H28ClF2N3O4S. The van der Waals surface area contributed by atoms with Gasteiger partial charge in [0.25, 0.3) is 0 Å². The Hall–Kier alpha value is -2.79. The predicted molar refractivity (Wildman–Crippen MR) is 144 cm³/mol. The number of rotatable bonds is 11. The van der Waals surface area contributed by atoms with Crippen LogP contribution in [0.25, 0.3) is 33.1 Å². The Bertz CT molecular complexity index is 1590. The lowest BCUT2D eigenvalue weighted by atomic mass is 9.99. The van der Waals surface area contributed by atoms with Gasteiger partial charge in [-0.05, 0) is 60.8 Å². The lowest BCUT2D eigenvalue weighted by molar-refractivity contribution is -0.182. The molecular weight excluding hydrogens is 536 g/mol. The molecule has 2 heterocycles. The number of aliphatic hydroxyl groups excluding tert-OH is 1. The number of H-pyrrole nitrogens is 1. The molecule has 0 atom stereocenters. The average molecular weight is 564 g/mol. The van der Waals surface area contributed by atoms with Crippen molar-refractivity contribution in [3.8, 4) is 16.9 Å². The van der Waals surface area contributed by atoms with Crippen molar-refractivity contribution in [2.45, 2.75) is 42.4 Å². The number of pyridine rings is 1. The molecule has 38 heavy (non-hydrogen) atoms. The third-order valence-corrected chi connectivity index (χ3v) is 9.28. The molecule has 1 aliphatic rings. The topological polar surface area (TPSA) is 95.5 Å². The second kappa shape index (κ2) is 10.4. The number of fused-ring (bicyclic) bond motifs is 3. The number of sulfone groups is 1. The normalized spacial score (nSPS) is 14.6. The Kier molecular flexibility index (Phi) is 7.34. The van der Waals surface area contributed by atoms with Crippen LogP contribution < -0.4 is 4.74 Å². The minimum atomic E-state index is -3.47. The average Bonchev–Trinajstić information content (AvgIpc) is 3.69. The number of hydrogen-bond donors (Lipinski definition) is 2. The molecule has 0 unspecified atom stereocenters. The van der Waals surface area contributed by atoms with Gasteiger partial charge in [-0.25, -0.2) is 13.4 Å². The largest absolute Gasteiger partial charge is 0.430 e. The molecule has 1 aliphatic carbocycles. The maximum absolute atomic E-state index is 15.0. The highest BCUT2D eigenvalue weighted by molar-refractivity contribution is 7.92. The molecule has 4 aromatic rings. The monoisotopic (exact) mass is 563 g/mol. The van der Waals surface area contributed by atoms with E-state index in [2.05, 4.69) is 9.97 Å². The summed E-state index contributed by atoms with van der Waals surface area (Å²) >= 11 is 6.23. The number of likely N-dealkylation sites (N-methyl/N-ethyl adjacent to an activating group) is 1. The van der Waals surface area contributed by atoms with E-state index in [9.17, 15) is 17.2 Å². The third-order valence-electron chi connectivity index (χ3n) is 6.81. The maximum Gasteiger partial charge on any atom is 0.399 e. The van der Waals surface area contributed by atoms with E-state index < -0.39 is 22.4 Å². The number of alkyl halides is 2. The number of hydrogen-bond acceptors (Lipinski definition) is 6. The molecule has 0 bridgehead atoms. The van der Waals surface area contributed by atoms with Gasteiger partial charge in [0.05, 0.1) is 33.7 Å². The van der Waals surface area contributed by atoms with Gasteiger partial charge in [0.15, 0.2) is 15.6 Å². The highest BCUT2D eigenvalue weighted by atomic mass is 35.5. The molecule has 1 fully saturated rings. The van der Waals surface area contributed by atoms with Crippen LogP contribution in [0.2, 0.25) is 5.02 Å². The van der Waals surface area contributed by atoms with Gasteiger partial charge in [0.2, 0.25) is 0 Å². The summed E-state index contributed by atoms with van der Waals surface area (Å²) in [5, 5.41) is 10.3. The van der Waals surface area contributed by atoms with E-state index in [-0.39, 0.29) is 29.0 Å². The van der Waals surface area contributed by atoms with Crippen LogP contribution >= 0.6 is 11.6 Å². The lowest BCUT2D eigenvalue weighted by Gasteiger charge is -2.24. The Morgan fingerprint density at radius 2 is 2.00 bits per heavy atom. The number of aliphatic hydroxyl groups is 1. The Labute approximate surface area is 224 Å². The SMILES string of the molecule is CCN(CCO)CCC(F)(F)Oc1ccc(-c2cccc(S(=O)(=O)C3CC3)c2)c2c1[nH]c1ncc(Cl)cc12. The van der Waals surface area contributed by atoms with Crippen molar-refractivity contribution in [2.75, 3.05) is 26.2 Å². The summed E-state index contributed by atoms with van der Waals surface area (Å²) in [4.78, 5) is 9.35. The van der Waals surface area contributed by atoms with Gasteiger partial charge in [0.1, 0.15) is 5.65 Å². The summed E-state index contributed by atoms with van der Waals surface area (Å²) in [7, 11) is -3.42.